The minimum Gasteiger partial charge on any atom is -0.480 e. The normalized spacial score (nSPS) is 25.8. The Morgan fingerprint density at radius 2 is 1.50 bits per heavy atom. The highest BCUT2D eigenvalue weighted by atomic mass is 16.4. The maximum Gasteiger partial charge on any atom is 0.326 e. The Morgan fingerprint density at radius 3 is 2.15 bits per heavy atom. The molecule has 114 valence electrons. The van der Waals surface area contributed by atoms with Crippen LogP contribution < -0.4 is 0 Å². The van der Waals surface area contributed by atoms with Crippen molar-refractivity contribution in [2.75, 3.05) is 6.54 Å². The van der Waals surface area contributed by atoms with Crippen LogP contribution in [0.2, 0.25) is 0 Å². The quantitative estimate of drug-likeness (QED) is 0.808. The lowest BCUT2D eigenvalue weighted by Gasteiger charge is -2.28. The number of aliphatic carboxylic acids is 1. The maximum absolute atomic E-state index is 12.5. The van der Waals surface area contributed by atoms with E-state index in [0.29, 0.717) is 25.3 Å². The van der Waals surface area contributed by atoms with E-state index in [1.165, 1.54) is 25.7 Å². The van der Waals surface area contributed by atoms with E-state index in [1.54, 1.807) is 4.90 Å². The van der Waals surface area contributed by atoms with Gasteiger partial charge in [-0.2, -0.15) is 0 Å². The Labute approximate surface area is 121 Å². The van der Waals surface area contributed by atoms with Crippen LogP contribution in [-0.2, 0) is 9.59 Å². The van der Waals surface area contributed by atoms with E-state index in [2.05, 4.69) is 0 Å². The Hall–Kier alpha value is -1.06. The summed E-state index contributed by atoms with van der Waals surface area (Å²) in [6.07, 6.45) is 11.4. The summed E-state index contributed by atoms with van der Waals surface area (Å²) in [4.78, 5) is 25.5. The summed E-state index contributed by atoms with van der Waals surface area (Å²) in [7, 11) is 0. The number of rotatable bonds is 3. The predicted octanol–water partition coefficient (Wildman–Crippen LogP) is 3.20. The topological polar surface area (TPSA) is 57.6 Å². The molecule has 1 aliphatic heterocycles. The third kappa shape index (κ3) is 4.22. The van der Waals surface area contributed by atoms with Crippen molar-refractivity contribution in [2.24, 2.45) is 5.92 Å². The molecule has 1 saturated carbocycles. The minimum absolute atomic E-state index is 0.0752. The smallest absolute Gasteiger partial charge is 0.326 e. The molecular formula is C16H27NO3. The van der Waals surface area contributed by atoms with Crippen molar-refractivity contribution < 1.29 is 14.7 Å². The molecule has 0 aromatic carbocycles. The van der Waals surface area contributed by atoms with Crippen molar-refractivity contribution in [3.05, 3.63) is 0 Å². The molecule has 4 nitrogen and oxygen atoms in total. The van der Waals surface area contributed by atoms with Crippen LogP contribution in [0.5, 0.6) is 0 Å². The van der Waals surface area contributed by atoms with E-state index in [9.17, 15) is 14.7 Å². The van der Waals surface area contributed by atoms with Gasteiger partial charge in [0.05, 0.1) is 0 Å². The van der Waals surface area contributed by atoms with Crippen LogP contribution in [0, 0.1) is 5.92 Å². The molecule has 1 saturated heterocycles. The average molecular weight is 281 g/mol. The van der Waals surface area contributed by atoms with Gasteiger partial charge in [-0.05, 0) is 31.6 Å². The largest absolute Gasteiger partial charge is 0.480 e. The lowest BCUT2D eigenvalue weighted by atomic mass is 9.95. The molecule has 1 N–H and O–H groups in total. The van der Waals surface area contributed by atoms with Crippen LogP contribution in [0.3, 0.4) is 0 Å². The number of carbonyl (C=O) groups excluding carboxylic acids is 1. The highest BCUT2D eigenvalue weighted by Crippen LogP contribution is 2.27. The van der Waals surface area contributed by atoms with E-state index >= 15 is 0 Å². The van der Waals surface area contributed by atoms with Crippen LogP contribution in [0.15, 0.2) is 0 Å². The first-order valence-corrected chi connectivity index (χ1v) is 8.21. The first kappa shape index (κ1) is 15.3. The SMILES string of the molecule is O=C(O)C1CCCCCN1C(=O)CC1CCCCCC1. The molecule has 2 fully saturated rings. The molecule has 0 aromatic rings. The van der Waals surface area contributed by atoms with Crippen LogP contribution in [-0.4, -0.2) is 34.5 Å². The second-order valence-electron chi connectivity index (χ2n) is 6.35. The van der Waals surface area contributed by atoms with Gasteiger partial charge in [0.15, 0.2) is 0 Å². The molecule has 2 rings (SSSR count). The molecule has 1 atom stereocenters. The number of nitrogens with zero attached hydrogens (tertiary/aromatic N) is 1. The molecule has 1 heterocycles. The van der Waals surface area contributed by atoms with Crippen LogP contribution in [0.1, 0.15) is 70.6 Å². The van der Waals surface area contributed by atoms with E-state index in [0.717, 1.165) is 32.1 Å². The van der Waals surface area contributed by atoms with E-state index in [-0.39, 0.29) is 5.91 Å². The van der Waals surface area contributed by atoms with E-state index in [1.807, 2.05) is 0 Å². The van der Waals surface area contributed by atoms with Gasteiger partial charge in [-0.25, -0.2) is 4.79 Å². The second-order valence-corrected chi connectivity index (χ2v) is 6.35. The average Bonchev–Trinajstić information content (AvgIpc) is 2.80. The van der Waals surface area contributed by atoms with Crippen molar-refractivity contribution >= 4 is 11.9 Å². The summed E-state index contributed by atoms with van der Waals surface area (Å²) in [5.41, 5.74) is 0. The molecule has 1 aliphatic carbocycles. The summed E-state index contributed by atoms with van der Waals surface area (Å²) >= 11 is 0. The van der Waals surface area contributed by atoms with Crippen molar-refractivity contribution in [1.29, 1.82) is 0 Å². The molecule has 0 bridgehead atoms. The first-order valence-electron chi connectivity index (χ1n) is 8.21. The summed E-state index contributed by atoms with van der Waals surface area (Å²) in [6, 6.07) is -0.587. The van der Waals surface area contributed by atoms with E-state index < -0.39 is 12.0 Å². The van der Waals surface area contributed by atoms with Crippen molar-refractivity contribution in [3.8, 4) is 0 Å². The molecule has 20 heavy (non-hydrogen) atoms. The maximum atomic E-state index is 12.5. The second kappa shape index (κ2) is 7.65. The Kier molecular flexibility index (Phi) is 5.86. The number of carboxylic acids is 1. The number of carboxylic acid groups (broad SMARTS) is 1. The Balaban J connectivity index is 1.95. The van der Waals surface area contributed by atoms with Crippen LogP contribution in [0.4, 0.5) is 0 Å². The lowest BCUT2D eigenvalue weighted by Crippen LogP contribution is -2.45. The van der Waals surface area contributed by atoms with Crippen molar-refractivity contribution in [3.63, 3.8) is 0 Å². The number of amides is 1. The number of likely N-dealkylation sites (tertiary alicyclic amines) is 1. The molecule has 1 amide bonds. The number of hydrogen-bond acceptors (Lipinski definition) is 2. The summed E-state index contributed by atoms with van der Waals surface area (Å²) in [6.45, 7) is 0.628. The number of carbonyl (C=O) groups is 2. The summed E-state index contributed by atoms with van der Waals surface area (Å²) in [5, 5.41) is 9.34. The third-order valence-electron chi connectivity index (χ3n) is 4.80. The molecule has 2 aliphatic rings. The lowest BCUT2D eigenvalue weighted by molar-refractivity contribution is -0.150. The molecule has 0 spiro atoms. The fourth-order valence-corrected chi connectivity index (χ4v) is 3.60. The highest BCUT2D eigenvalue weighted by molar-refractivity contribution is 5.83. The minimum atomic E-state index is -0.832. The highest BCUT2D eigenvalue weighted by Gasteiger charge is 2.31. The van der Waals surface area contributed by atoms with Crippen LogP contribution in [0.25, 0.3) is 0 Å². The standard InChI is InChI=1S/C16H27NO3/c18-15(12-13-8-4-1-2-5-9-13)17-11-7-3-6-10-14(17)16(19)20/h13-14H,1-12H2,(H,19,20). The van der Waals surface area contributed by atoms with Crippen LogP contribution >= 0.6 is 0 Å². The molecular weight excluding hydrogens is 254 g/mol. The van der Waals surface area contributed by atoms with Gasteiger partial charge in [-0.1, -0.05) is 38.5 Å². The molecule has 0 aromatic heterocycles. The van der Waals surface area contributed by atoms with Gasteiger partial charge in [0, 0.05) is 13.0 Å². The van der Waals surface area contributed by atoms with Gasteiger partial charge >= 0.3 is 5.97 Å². The number of hydrogen-bond donors (Lipinski definition) is 1. The Morgan fingerprint density at radius 1 is 0.900 bits per heavy atom. The third-order valence-corrected chi connectivity index (χ3v) is 4.80. The van der Waals surface area contributed by atoms with Gasteiger partial charge in [-0.15, -0.1) is 0 Å². The summed E-state index contributed by atoms with van der Waals surface area (Å²) < 4.78 is 0. The fraction of sp³-hybridized carbons (Fsp3) is 0.875. The zero-order chi connectivity index (χ0) is 14.4. The van der Waals surface area contributed by atoms with Crippen molar-refractivity contribution in [2.45, 2.75) is 76.7 Å². The Bertz CT molecular complexity index is 335. The van der Waals surface area contributed by atoms with Gasteiger partial charge in [0.2, 0.25) is 5.91 Å². The predicted molar refractivity (Wildman–Crippen MR) is 77.4 cm³/mol. The summed E-state index contributed by atoms with van der Waals surface area (Å²) in [5.74, 6) is -0.282. The molecule has 4 heteroatoms. The zero-order valence-electron chi connectivity index (χ0n) is 12.4. The molecule has 1 unspecified atom stereocenters. The van der Waals surface area contributed by atoms with E-state index in [4.69, 9.17) is 0 Å². The van der Waals surface area contributed by atoms with Gasteiger partial charge in [0.1, 0.15) is 6.04 Å². The molecule has 0 radical (unpaired) electrons. The van der Waals surface area contributed by atoms with Gasteiger partial charge < -0.3 is 10.0 Å². The monoisotopic (exact) mass is 281 g/mol. The first-order chi connectivity index (χ1) is 9.68. The fourth-order valence-electron chi connectivity index (χ4n) is 3.60. The van der Waals surface area contributed by atoms with Crippen molar-refractivity contribution in [1.82, 2.24) is 4.90 Å². The van der Waals surface area contributed by atoms with Gasteiger partial charge in [-0.3, -0.25) is 4.79 Å². The van der Waals surface area contributed by atoms with Gasteiger partial charge in [0.25, 0.3) is 0 Å². The zero-order valence-corrected chi connectivity index (χ0v) is 12.4.